The van der Waals surface area contributed by atoms with Gasteiger partial charge in [0.25, 0.3) is 0 Å². The van der Waals surface area contributed by atoms with Gasteiger partial charge in [-0.3, -0.25) is 0 Å². The molecule has 0 amide bonds. The van der Waals surface area contributed by atoms with E-state index in [1.54, 1.807) is 18.2 Å². The highest BCUT2D eigenvalue weighted by atomic mass is 79.9. The zero-order chi connectivity index (χ0) is 17.3. The van der Waals surface area contributed by atoms with Crippen molar-refractivity contribution in [3.05, 3.63) is 51.8 Å². The number of nitriles is 1. The maximum absolute atomic E-state index is 9.88. The van der Waals surface area contributed by atoms with Crippen LogP contribution in [-0.2, 0) is 0 Å². The van der Waals surface area contributed by atoms with Crippen LogP contribution >= 0.6 is 15.9 Å². The smallest absolute Gasteiger partial charge is 0.172 e. The van der Waals surface area contributed by atoms with Gasteiger partial charge < -0.3 is 14.8 Å². The molecule has 0 bridgehead atoms. The second-order valence-corrected chi connectivity index (χ2v) is 6.18. The zero-order valence-electron chi connectivity index (χ0n) is 13.1. The van der Waals surface area contributed by atoms with Crippen molar-refractivity contribution in [2.75, 3.05) is 7.11 Å². The zero-order valence-corrected chi connectivity index (χ0v) is 14.7. The van der Waals surface area contributed by atoms with Gasteiger partial charge in [-0.1, -0.05) is 6.07 Å². The number of aromatic nitrogens is 2. The molecule has 0 aliphatic carbocycles. The molecule has 0 aliphatic heterocycles. The van der Waals surface area contributed by atoms with Crippen molar-refractivity contribution < 1.29 is 9.84 Å². The maximum atomic E-state index is 9.88. The third-order valence-electron chi connectivity index (χ3n) is 3.59. The van der Waals surface area contributed by atoms with Crippen molar-refractivity contribution in [2.45, 2.75) is 6.92 Å². The number of hydrogen-bond donors (Lipinski definition) is 2. The summed E-state index contributed by atoms with van der Waals surface area (Å²) >= 11 is 3.28. The number of phenolic OH excluding ortho intramolecular Hbond substituents is 1. The van der Waals surface area contributed by atoms with Crippen LogP contribution in [-0.4, -0.2) is 22.2 Å². The van der Waals surface area contributed by atoms with Crippen molar-refractivity contribution in [2.24, 2.45) is 0 Å². The number of aromatic hydroxyl groups is 1. The van der Waals surface area contributed by atoms with Gasteiger partial charge in [0.15, 0.2) is 11.5 Å². The average Bonchev–Trinajstić information content (AvgIpc) is 2.98. The molecule has 0 unspecified atom stereocenters. The van der Waals surface area contributed by atoms with Crippen LogP contribution in [0.15, 0.2) is 34.8 Å². The van der Waals surface area contributed by atoms with Gasteiger partial charge in [-0.05, 0) is 64.3 Å². The fourth-order valence-corrected chi connectivity index (χ4v) is 2.86. The first-order valence-electron chi connectivity index (χ1n) is 7.17. The number of methoxy groups -OCH3 is 1. The molecule has 3 aromatic rings. The summed E-state index contributed by atoms with van der Waals surface area (Å²) in [5.74, 6) is 0.849. The molecule has 6 heteroatoms. The SMILES string of the molecule is COc1cc(/C=C(\C#N)c2nc3ccc(C)cc3[nH]2)cc(Br)c1O. The highest BCUT2D eigenvalue weighted by Crippen LogP contribution is 2.36. The van der Waals surface area contributed by atoms with E-state index in [4.69, 9.17) is 4.74 Å². The van der Waals surface area contributed by atoms with Gasteiger partial charge in [-0.25, -0.2) is 4.98 Å². The van der Waals surface area contributed by atoms with Crippen molar-refractivity contribution in [1.82, 2.24) is 9.97 Å². The first-order chi connectivity index (χ1) is 11.5. The molecular formula is C18H14BrN3O2. The highest BCUT2D eigenvalue weighted by molar-refractivity contribution is 9.10. The molecule has 0 spiro atoms. The predicted molar refractivity (Wildman–Crippen MR) is 96.7 cm³/mol. The topological polar surface area (TPSA) is 81.9 Å². The number of imidazole rings is 1. The number of aryl methyl sites for hydroxylation is 1. The second-order valence-electron chi connectivity index (χ2n) is 5.33. The standard InChI is InChI=1S/C18H14BrN3O2/c1-10-3-4-14-15(5-10)22-18(21-14)12(9-20)6-11-7-13(19)17(23)16(8-11)24-2/h3-8,23H,1-2H3,(H,21,22)/b12-6+. The lowest BCUT2D eigenvalue weighted by Crippen LogP contribution is -1.88. The Kier molecular flexibility index (Phi) is 4.28. The normalized spacial score (nSPS) is 11.5. The molecular weight excluding hydrogens is 370 g/mol. The van der Waals surface area contributed by atoms with Gasteiger partial charge in [0.1, 0.15) is 11.9 Å². The van der Waals surface area contributed by atoms with Gasteiger partial charge >= 0.3 is 0 Å². The molecule has 24 heavy (non-hydrogen) atoms. The minimum Gasteiger partial charge on any atom is -0.503 e. The largest absolute Gasteiger partial charge is 0.503 e. The van der Waals surface area contributed by atoms with E-state index in [1.807, 2.05) is 25.1 Å². The van der Waals surface area contributed by atoms with Crippen molar-refractivity contribution in [1.29, 1.82) is 5.26 Å². The van der Waals surface area contributed by atoms with Crippen LogP contribution in [0.1, 0.15) is 17.0 Å². The number of fused-ring (bicyclic) bond motifs is 1. The van der Waals surface area contributed by atoms with Gasteiger partial charge in [0.05, 0.1) is 28.2 Å². The van der Waals surface area contributed by atoms with Gasteiger partial charge in [-0.15, -0.1) is 0 Å². The Hall–Kier alpha value is -2.78. The number of halogens is 1. The summed E-state index contributed by atoms with van der Waals surface area (Å²) in [4.78, 5) is 7.63. The lowest BCUT2D eigenvalue weighted by Gasteiger charge is -2.06. The summed E-state index contributed by atoms with van der Waals surface area (Å²) in [6.45, 7) is 2.00. The molecule has 1 heterocycles. The number of H-pyrrole nitrogens is 1. The van der Waals surface area contributed by atoms with Crippen LogP contribution in [0, 0.1) is 18.3 Å². The Balaban J connectivity index is 2.09. The summed E-state index contributed by atoms with van der Waals surface area (Å²) < 4.78 is 5.62. The molecule has 0 saturated heterocycles. The maximum Gasteiger partial charge on any atom is 0.172 e. The van der Waals surface area contributed by atoms with Crippen molar-refractivity contribution >= 4 is 38.6 Å². The lowest BCUT2D eigenvalue weighted by atomic mass is 10.1. The molecule has 2 N–H and O–H groups in total. The molecule has 120 valence electrons. The first kappa shape index (κ1) is 16.1. The van der Waals surface area contributed by atoms with E-state index in [0.29, 0.717) is 27.2 Å². The third kappa shape index (κ3) is 2.99. The molecule has 0 atom stereocenters. The predicted octanol–water partition coefficient (Wildman–Crippen LogP) is 4.41. The molecule has 0 radical (unpaired) electrons. The highest BCUT2D eigenvalue weighted by Gasteiger charge is 2.11. The number of nitrogens with zero attached hydrogens (tertiary/aromatic N) is 2. The molecule has 2 aromatic carbocycles. The number of ether oxygens (including phenoxy) is 1. The summed E-state index contributed by atoms with van der Waals surface area (Å²) in [5.41, 5.74) is 3.91. The van der Waals surface area contributed by atoms with Gasteiger partial charge in [0, 0.05) is 0 Å². The fraction of sp³-hybridized carbons (Fsp3) is 0.111. The van der Waals surface area contributed by atoms with E-state index in [1.165, 1.54) is 7.11 Å². The Bertz CT molecular complexity index is 999. The molecule has 0 saturated carbocycles. The number of rotatable bonds is 3. The Morgan fingerprint density at radius 2 is 2.17 bits per heavy atom. The summed E-state index contributed by atoms with van der Waals surface area (Å²) in [7, 11) is 1.47. The van der Waals surface area contributed by atoms with Crippen LogP contribution in [0.4, 0.5) is 0 Å². The average molecular weight is 384 g/mol. The fourth-order valence-electron chi connectivity index (χ4n) is 2.40. The van der Waals surface area contributed by atoms with E-state index in [-0.39, 0.29) is 5.75 Å². The Morgan fingerprint density at radius 3 is 2.88 bits per heavy atom. The number of nitrogens with one attached hydrogen (secondary N) is 1. The lowest BCUT2D eigenvalue weighted by molar-refractivity contribution is 0.372. The molecule has 5 nitrogen and oxygen atoms in total. The number of allylic oxidation sites excluding steroid dienone is 1. The number of hydrogen-bond acceptors (Lipinski definition) is 4. The Morgan fingerprint density at radius 1 is 1.38 bits per heavy atom. The Labute approximate surface area is 147 Å². The minimum absolute atomic E-state index is 0.0207. The van der Waals surface area contributed by atoms with Crippen LogP contribution in [0.3, 0.4) is 0 Å². The van der Waals surface area contributed by atoms with E-state index in [2.05, 4.69) is 32.0 Å². The number of benzene rings is 2. The molecule has 0 aliphatic rings. The van der Waals surface area contributed by atoms with E-state index in [9.17, 15) is 10.4 Å². The second kappa shape index (κ2) is 6.38. The van der Waals surface area contributed by atoms with Crippen molar-refractivity contribution in [3.8, 4) is 17.6 Å². The monoisotopic (exact) mass is 383 g/mol. The molecule has 3 rings (SSSR count). The van der Waals surface area contributed by atoms with Crippen molar-refractivity contribution in [3.63, 3.8) is 0 Å². The van der Waals surface area contributed by atoms with Crippen LogP contribution < -0.4 is 4.74 Å². The molecule has 0 fully saturated rings. The number of aromatic amines is 1. The van der Waals surface area contributed by atoms with E-state index < -0.39 is 0 Å². The number of phenols is 1. The van der Waals surface area contributed by atoms with Gasteiger partial charge in [0.2, 0.25) is 0 Å². The van der Waals surface area contributed by atoms with E-state index in [0.717, 1.165) is 16.6 Å². The van der Waals surface area contributed by atoms with E-state index >= 15 is 0 Å². The minimum atomic E-state index is 0.0207. The van der Waals surface area contributed by atoms with Crippen LogP contribution in [0.5, 0.6) is 11.5 Å². The molecule has 1 aromatic heterocycles. The summed E-state index contributed by atoms with van der Waals surface area (Å²) in [5, 5.41) is 19.4. The van der Waals surface area contributed by atoms with Crippen LogP contribution in [0.2, 0.25) is 0 Å². The summed E-state index contributed by atoms with van der Waals surface area (Å²) in [6.07, 6.45) is 1.69. The quantitative estimate of drug-likeness (QED) is 0.656. The summed E-state index contributed by atoms with van der Waals surface area (Å²) in [6, 6.07) is 11.4. The first-order valence-corrected chi connectivity index (χ1v) is 7.96. The van der Waals surface area contributed by atoms with Gasteiger partial charge in [-0.2, -0.15) is 5.26 Å². The van der Waals surface area contributed by atoms with Crippen LogP contribution in [0.25, 0.3) is 22.7 Å². The third-order valence-corrected chi connectivity index (χ3v) is 4.20.